The predicted octanol–water partition coefficient (Wildman–Crippen LogP) is 2.80. The van der Waals surface area contributed by atoms with Crippen LogP contribution in [-0.4, -0.2) is 52.1 Å². The minimum absolute atomic E-state index is 0.142. The summed E-state index contributed by atoms with van der Waals surface area (Å²) in [4.78, 5) is 27.3. The van der Waals surface area contributed by atoms with Crippen LogP contribution in [0.4, 0.5) is 4.79 Å². The van der Waals surface area contributed by atoms with Gasteiger partial charge in [-0.25, -0.2) is 9.59 Å². The fourth-order valence-corrected chi connectivity index (χ4v) is 2.82. The van der Waals surface area contributed by atoms with E-state index in [0.29, 0.717) is 12.5 Å². The maximum atomic E-state index is 12.6. The Morgan fingerprint density at radius 2 is 1.90 bits per heavy atom. The second-order valence-corrected chi connectivity index (χ2v) is 6.08. The molecule has 1 aliphatic rings. The summed E-state index contributed by atoms with van der Waals surface area (Å²) in [6, 6.07) is -0.142. The molecule has 5 nitrogen and oxygen atoms in total. The van der Waals surface area contributed by atoms with E-state index in [0.717, 1.165) is 38.8 Å². The van der Waals surface area contributed by atoms with Crippen LogP contribution in [0.3, 0.4) is 0 Å². The molecule has 0 saturated carbocycles. The van der Waals surface area contributed by atoms with Gasteiger partial charge in [-0.05, 0) is 46.0 Å². The minimum atomic E-state index is -1.16. The number of hydrogen-bond acceptors (Lipinski definition) is 2. The molecule has 20 heavy (non-hydrogen) atoms. The average Bonchev–Trinajstić information content (AvgIpc) is 2.64. The zero-order valence-electron chi connectivity index (χ0n) is 13.2. The number of hydrogen-bond donors (Lipinski definition) is 1. The molecule has 0 spiro atoms. The molecule has 1 rings (SSSR count). The molecule has 0 aromatic heterocycles. The summed E-state index contributed by atoms with van der Waals surface area (Å²) >= 11 is 0. The predicted molar refractivity (Wildman–Crippen MR) is 78.7 cm³/mol. The minimum Gasteiger partial charge on any atom is -0.480 e. The molecular weight excluding hydrogens is 256 g/mol. The van der Waals surface area contributed by atoms with Crippen molar-refractivity contribution in [1.82, 2.24) is 9.80 Å². The van der Waals surface area contributed by atoms with Gasteiger partial charge in [-0.15, -0.1) is 0 Å². The van der Waals surface area contributed by atoms with Crippen LogP contribution in [0.2, 0.25) is 0 Å². The molecule has 1 fully saturated rings. The Morgan fingerprint density at radius 1 is 1.25 bits per heavy atom. The molecule has 0 aromatic rings. The first-order chi connectivity index (χ1) is 9.34. The van der Waals surface area contributed by atoms with E-state index < -0.39 is 11.5 Å². The van der Waals surface area contributed by atoms with Crippen LogP contribution in [-0.2, 0) is 4.79 Å². The van der Waals surface area contributed by atoms with E-state index in [2.05, 4.69) is 6.92 Å². The maximum absolute atomic E-state index is 12.6. The van der Waals surface area contributed by atoms with Crippen molar-refractivity contribution < 1.29 is 14.7 Å². The van der Waals surface area contributed by atoms with Gasteiger partial charge in [0, 0.05) is 19.6 Å². The number of rotatable bonds is 4. The Balaban J connectivity index is 2.79. The largest absolute Gasteiger partial charge is 0.480 e. The van der Waals surface area contributed by atoms with Gasteiger partial charge in [0.1, 0.15) is 5.54 Å². The van der Waals surface area contributed by atoms with E-state index >= 15 is 0 Å². The highest BCUT2D eigenvalue weighted by Crippen LogP contribution is 2.23. The molecular formula is C15H28N2O3. The number of urea groups is 1. The number of likely N-dealkylation sites (tertiary alicyclic amines) is 1. The fraction of sp³-hybridized carbons (Fsp3) is 0.867. The smallest absolute Gasteiger partial charge is 0.329 e. The summed E-state index contributed by atoms with van der Waals surface area (Å²) < 4.78 is 0. The molecule has 1 atom stereocenters. The SMILES string of the molecule is CCC1CCCN(C(=O)N(CC)C(C)(C)C(=O)O)CC1. The van der Waals surface area contributed by atoms with E-state index in [4.69, 9.17) is 0 Å². The van der Waals surface area contributed by atoms with Crippen LogP contribution in [0.15, 0.2) is 0 Å². The fourth-order valence-electron chi connectivity index (χ4n) is 2.82. The highest BCUT2D eigenvalue weighted by atomic mass is 16.4. The van der Waals surface area contributed by atoms with Gasteiger partial charge in [-0.1, -0.05) is 13.3 Å². The Morgan fingerprint density at radius 3 is 2.40 bits per heavy atom. The van der Waals surface area contributed by atoms with Crippen LogP contribution in [0.5, 0.6) is 0 Å². The third kappa shape index (κ3) is 3.64. The number of amides is 2. The lowest BCUT2D eigenvalue weighted by atomic mass is 9.98. The van der Waals surface area contributed by atoms with E-state index in [1.54, 1.807) is 13.8 Å². The van der Waals surface area contributed by atoms with Crippen molar-refractivity contribution in [1.29, 1.82) is 0 Å². The third-order valence-electron chi connectivity index (χ3n) is 4.44. The monoisotopic (exact) mass is 284 g/mol. The van der Waals surface area contributed by atoms with Crippen molar-refractivity contribution >= 4 is 12.0 Å². The molecule has 1 unspecified atom stereocenters. The molecule has 0 aromatic carbocycles. The van der Waals surface area contributed by atoms with Gasteiger partial charge in [0.2, 0.25) is 0 Å². The van der Waals surface area contributed by atoms with Crippen molar-refractivity contribution in [3.8, 4) is 0 Å². The summed E-state index contributed by atoms with van der Waals surface area (Å²) in [6.07, 6.45) is 4.34. The van der Waals surface area contributed by atoms with Crippen molar-refractivity contribution in [3.05, 3.63) is 0 Å². The summed E-state index contributed by atoms with van der Waals surface area (Å²) in [5.74, 6) is -0.274. The first-order valence-corrected chi connectivity index (χ1v) is 7.64. The Bertz CT molecular complexity index is 355. The van der Waals surface area contributed by atoms with Crippen LogP contribution >= 0.6 is 0 Å². The van der Waals surface area contributed by atoms with Crippen LogP contribution in [0.25, 0.3) is 0 Å². The van der Waals surface area contributed by atoms with Crippen molar-refractivity contribution in [2.75, 3.05) is 19.6 Å². The maximum Gasteiger partial charge on any atom is 0.329 e. The molecule has 0 bridgehead atoms. The van der Waals surface area contributed by atoms with E-state index in [-0.39, 0.29) is 6.03 Å². The van der Waals surface area contributed by atoms with Crippen molar-refractivity contribution in [2.45, 2.75) is 58.9 Å². The molecule has 1 N–H and O–H groups in total. The van der Waals surface area contributed by atoms with Gasteiger partial charge in [-0.2, -0.15) is 0 Å². The van der Waals surface area contributed by atoms with E-state index in [1.165, 1.54) is 4.90 Å². The number of carbonyl (C=O) groups excluding carboxylic acids is 1. The number of carboxylic acids is 1. The molecule has 5 heteroatoms. The number of likely N-dealkylation sites (N-methyl/N-ethyl adjacent to an activating group) is 1. The Hall–Kier alpha value is -1.26. The molecule has 0 radical (unpaired) electrons. The molecule has 2 amide bonds. The quantitative estimate of drug-likeness (QED) is 0.863. The van der Waals surface area contributed by atoms with Gasteiger partial charge < -0.3 is 14.9 Å². The zero-order valence-corrected chi connectivity index (χ0v) is 13.2. The second-order valence-electron chi connectivity index (χ2n) is 6.08. The second kappa shape index (κ2) is 6.95. The number of carboxylic acid groups (broad SMARTS) is 1. The van der Waals surface area contributed by atoms with Crippen LogP contribution < -0.4 is 0 Å². The highest BCUT2D eigenvalue weighted by molar-refractivity contribution is 5.85. The van der Waals surface area contributed by atoms with Gasteiger partial charge >= 0.3 is 12.0 Å². The number of nitrogens with zero attached hydrogens (tertiary/aromatic N) is 2. The Labute approximate surface area is 121 Å². The standard InChI is InChI=1S/C15H28N2O3/c1-5-12-8-7-10-16(11-9-12)14(20)17(6-2)15(3,4)13(18)19/h12H,5-11H2,1-4H3,(H,18,19). The average molecular weight is 284 g/mol. The summed E-state index contributed by atoms with van der Waals surface area (Å²) in [6.45, 7) is 9.08. The van der Waals surface area contributed by atoms with Crippen LogP contribution in [0.1, 0.15) is 53.4 Å². The van der Waals surface area contributed by atoms with Gasteiger partial charge in [0.25, 0.3) is 0 Å². The Kier molecular flexibility index (Phi) is 5.84. The first kappa shape index (κ1) is 16.8. The summed E-state index contributed by atoms with van der Waals surface area (Å²) in [5, 5.41) is 9.31. The lowest BCUT2D eigenvalue weighted by molar-refractivity contribution is -0.147. The lowest BCUT2D eigenvalue weighted by Gasteiger charge is -2.37. The lowest BCUT2D eigenvalue weighted by Crippen LogP contribution is -2.57. The molecule has 0 aliphatic carbocycles. The third-order valence-corrected chi connectivity index (χ3v) is 4.44. The molecule has 1 heterocycles. The van der Waals surface area contributed by atoms with Crippen molar-refractivity contribution in [3.63, 3.8) is 0 Å². The highest BCUT2D eigenvalue weighted by Gasteiger charge is 2.39. The van der Waals surface area contributed by atoms with Crippen molar-refractivity contribution in [2.24, 2.45) is 5.92 Å². The molecule has 116 valence electrons. The van der Waals surface area contributed by atoms with Gasteiger partial charge in [0.15, 0.2) is 0 Å². The van der Waals surface area contributed by atoms with Gasteiger partial charge in [-0.3, -0.25) is 0 Å². The van der Waals surface area contributed by atoms with Crippen LogP contribution in [0, 0.1) is 5.92 Å². The topological polar surface area (TPSA) is 60.9 Å². The van der Waals surface area contributed by atoms with E-state index in [9.17, 15) is 14.7 Å². The summed E-state index contributed by atoms with van der Waals surface area (Å²) in [7, 11) is 0. The van der Waals surface area contributed by atoms with E-state index in [1.807, 2.05) is 11.8 Å². The first-order valence-electron chi connectivity index (χ1n) is 7.64. The van der Waals surface area contributed by atoms with Gasteiger partial charge in [0.05, 0.1) is 0 Å². The number of aliphatic carboxylic acids is 1. The molecule has 1 aliphatic heterocycles. The summed E-state index contributed by atoms with van der Waals surface area (Å²) in [5.41, 5.74) is -1.16. The zero-order chi connectivity index (χ0) is 15.3. The normalized spacial score (nSPS) is 20.4. The number of carbonyl (C=O) groups is 2. The molecule has 1 saturated heterocycles.